The van der Waals surface area contributed by atoms with Gasteiger partial charge in [-0.15, -0.1) is 0 Å². The number of nitrogens with one attached hydrogen (secondary N) is 1. The van der Waals surface area contributed by atoms with Crippen LogP contribution >= 0.6 is 15.9 Å². The smallest absolute Gasteiger partial charge is 0.308 e. The van der Waals surface area contributed by atoms with E-state index >= 15 is 0 Å². The number of pyridine rings is 1. The molecular formula is C21H24BrN3O3S. The van der Waals surface area contributed by atoms with Crippen LogP contribution in [0.3, 0.4) is 0 Å². The predicted octanol–water partition coefficient (Wildman–Crippen LogP) is 5.24. The molecule has 1 aliphatic carbocycles. The van der Waals surface area contributed by atoms with Gasteiger partial charge < -0.3 is 9.50 Å². The highest BCUT2D eigenvalue weighted by atomic mass is 79.9. The Morgan fingerprint density at radius 2 is 2.00 bits per heavy atom. The Morgan fingerprint density at radius 3 is 2.76 bits per heavy atom. The van der Waals surface area contributed by atoms with Crippen molar-refractivity contribution in [3.63, 3.8) is 0 Å². The lowest BCUT2D eigenvalue weighted by Crippen LogP contribution is -2.23. The molecule has 1 saturated carbocycles. The van der Waals surface area contributed by atoms with Crippen LogP contribution < -0.4 is 9.50 Å². The molecule has 2 aromatic heterocycles. The zero-order chi connectivity index (χ0) is 20.4. The fourth-order valence-electron chi connectivity index (χ4n) is 3.70. The van der Waals surface area contributed by atoms with Crippen molar-refractivity contribution in [2.45, 2.75) is 45.1 Å². The van der Waals surface area contributed by atoms with E-state index in [9.17, 15) is 8.42 Å². The number of benzene rings is 1. The van der Waals surface area contributed by atoms with Crippen LogP contribution in [-0.2, 0) is 10.1 Å². The third-order valence-electron chi connectivity index (χ3n) is 5.21. The fraction of sp³-hybridized carbons (Fsp3) is 0.381. The van der Waals surface area contributed by atoms with Gasteiger partial charge in [0.05, 0.1) is 5.75 Å². The Balaban J connectivity index is 1.77. The minimum absolute atomic E-state index is 0.0753. The second-order valence-corrected chi connectivity index (χ2v) is 10.1. The van der Waals surface area contributed by atoms with E-state index in [0.717, 1.165) is 40.0 Å². The fourth-order valence-corrected chi connectivity index (χ4v) is 4.55. The van der Waals surface area contributed by atoms with E-state index in [1.165, 1.54) is 19.3 Å². The maximum atomic E-state index is 11.9. The lowest BCUT2D eigenvalue weighted by atomic mass is 9.95. The van der Waals surface area contributed by atoms with Gasteiger partial charge in [0, 0.05) is 22.3 Å². The summed E-state index contributed by atoms with van der Waals surface area (Å²) in [6.07, 6.45) is 8.02. The molecule has 0 amide bonds. The van der Waals surface area contributed by atoms with E-state index < -0.39 is 10.1 Å². The Kier molecular flexibility index (Phi) is 5.83. The molecule has 2 heterocycles. The van der Waals surface area contributed by atoms with Crippen molar-refractivity contribution >= 4 is 37.5 Å². The van der Waals surface area contributed by atoms with Crippen LogP contribution in [-0.4, -0.2) is 29.6 Å². The summed E-state index contributed by atoms with van der Waals surface area (Å²) in [6.45, 7) is 1.56. The molecule has 0 unspecified atom stereocenters. The zero-order valence-corrected chi connectivity index (χ0v) is 18.7. The number of halogens is 1. The van der Waals surface area contributed by atoms with E-state index in [-0.39, 0.29) is 5.75 Å². The number of anilines is 1. The van der Waals surface area contributed by atoms with Crippen LogP contribution in [0.4, 0.5) is 5.82 Å². The summed E-state index contributed by atoms with van der Waals surface area (Å²) in [4.78, 5) is 4.82. The second kappa shape index (κ2) is 8.36. The van der Waals surface area contributed by atoms with Gasteiger partial charge in [0.2, 0.25) is 0 Å². The Labute approximate surface area is 179 Å². The molecule has 0 saturated heterocycles. The van der Waals surface area contributed by atoms with Crippen LogP contribution in [0.25, 0.3) is 16.9 Å². The number of imidazole rings is 1. The lowest BCUT2D eigenvalue weighted by molar-refractivity contribution is 0.462. The van der Waals surface area contributed by atoms with Gasteiger partial charge >= 0.3 is 10.1 Å². The van der Waals surface area contributed by atoms with E-state index in [1.807, 2.05) is 28.8 Å². The molecule has 8 heteroatoms. The molecule has 29 heavy (non-hydrogen) atoms. The van der Waals surface area contributed by atoms with Crippen molar-refractivity contribution in [2.75, 3.05) is 11.1 Å². The van der Waals surface area contributed by atoms with Crippen molar-refractivity contribution in [2.24, 2.45) is 0 Å². The Morgan fingerprint density at radius 1 is 1.21 bits per heavy atom. The maximum absolute atomic E-state index is 11.9. The van der Waals surface area contributed by atoms with Gasteiger partial charge in [-0.05, 0) is 60.0 Å². The minimum atomic E-state index is -3.58. The summed E-state index contributed by atoms with van der Waals surface area (Å²) < 4.78 is 31.9. The number of hydrogen-bond donors (Lipinski definition) is 1. The van der Waals surface area contributed by atoms with Crippen molar-refractivity contribution in [3.8, 4) is 17.0 Å². The molecule has 1 fully saturated rings. The molecule has 6 nitrogen and oxygen atoms in total. The third-order valence-corrected chi connectivity index (χ3v) is 6.84. The van der Waals surface area contributed by atoms with E-state index in [2.05, 4.69) is 21.2 Å². The highest BCUT2D eigenvalue weighted by molar-refractivity contribution is 9.10. The molecule has 0 aliphatic heterocycles. The van der Waals surface area contributed by atoms with E-state index in [1.54, 1.807) is 25.1 Å². The van der Waals surface area contributed by atoms with Crippen LogP contribution in [0.2, 0.25) is 0 Å². The van der Waals surface area contributed by atoms with Gasteiger partial charge in [-0.1, -0.05) is 31.4 Å². The number of nitrogens with zero attached hydrogens (tertiary/aromatic N) is 2. The van der Waals surface area contributed by atoms with Crippen LogP contribution in [0, 0.1) is 0 Å². The lowest BCUT2D eigenvalue weighted by Gasteiger charge is -2.24. The van der Waals surface area contributed by atoms with Crippen molar-refractivity contribution in [1.29, 1.82) is 0 Å². The van der Waals surface area contributed by atoms with Crippen molar-refractivity contribution in [1.82, 2.24) is 9.38 Å². The number of fused-ring (bicyclic) bond motifs is 1. The maximum Gasteiger partial charge on any atom is 0.308 e. The largest absolute Gasteiger partial charge is 0.382 e. The average molecular weight is 478 g/mol. The summed E-state index contributed by atoms with van der Waals surface area (Å²) in [7, 11) is -3.58. The molecule has 0 atom stereocenters. The van der Waals surface area contributed by atoms with Gasteiger partial charge in [0.15, 0.2) is 0 Å². The Hall–Kier alpha value is -2.06. The topological polar surface area (TPSA) is 72.7 Å². The average Bonchev–Trinajstić information content (AvgIpc) is 3.06. The quantitative estimate of drug-likeness (QED) is 0.491. The summed E-state index contributed by atoms with van der Waals surface area (Å²) in [6, 6.07) is 11.4. The summed E-state index contributed by atoms with van der Waals surface area (Å²) in [5.41, 5.74) is 2.42. The normalized spacial score (nSPS) is 15.5. The molecule has 3 aromatic rings. The summed E-state index contributed by atoms with van der Waals surface area (Å²) in [5, 5.41) is 3.70. The predicted molar refractivity (Wildman–Crippen MR) is 119 cm³/mol. The molecular weight excluding hydrogens is 454 g/mol. The zero-order valence-electron chi connectivity index (χ0n) is 16.3. The first kappa shape index (κ1) is 20.2. The molecule has 1 aliphatic rings. The third kappa shape index (κ3) is 4.59. The molecule has 0 radical (unpaired) electrons. The molecule has 4 rings (SSSR count). The second-order valence-electron chi connectivity index (χ2n) is 7.32. The molecule has 154 valence electrons. The molecule has 0 spiro atoms. The minimum Gasteiger partial charge on any atom is -0.382 e. The van der Waals surface area contributed by atoms with Crippen LogP contribution in [0.15, 0.2) is 47.1 Å². The van der Waals surface area contributed by atoms with Gasteiger partial charge in [-0.3, -0.25) is 4.40 Å². The molecule has 1 N–H and O–H groups in total. The molecule has 1 aromatic carbocycles. The van der Waals surface area contributed by atoms with Crippen LogP contribution in [0.1, 0.15) is 39.0 Å². The van der Waals surface area contributed by atoms with E-state index in [4.69, 9.17) is 9.17 Å². The Bertz CT molecular complexity index is 1120. The highest BCUT2D eigenvalue weighted by Crippen LogP contribution is 2.34. The molecule has 0 bridgehead atoms. The first-order chi connectivity index (χ1) is 13.9. The standard InChI is InChI=1S/C21H24BrN3O3S/c1-2-29(26,27)28-18-10-6-7-15(13-18)20-21(23-17-8-4-3-5-9-17)25-14-16(22)11-12-19(25)24-20/h6-7,10-14,17,23H,2-5,8-9H2,1H3. The number of aromatic nitrogens is 2. The SMILES string of the molecule is CCS(=O)(=O)Oc1cccc(-c2nc3ccc(Br)cn3c2NC2CCCCC2)c1. The first-order valence-corrected chi connectivity index (χ1v) is 12.3. The monoisotopic (exact) mass is 477 g/mol. The van der Waals surface area contributed by atoms with Gasteiger partial charge in [0.25, 0.3) is 0 Å². The van der Waals surface area contributed by atoms with Gasteiger partial charge in [-0.25, -0.2) is 4.98 Å². The van der Waals surface area contributed by atoms with Crippen molar-refractivity contribution < 1.29 is 12.6 Å². The van der Waals surface area contributed by atoms with Crippen molar-refractivity contribution in [3.05, 3.63) is 47.1 Å². The highest BCUT2D eigenvalue weighted by Gasteiger charge is 2.20. The van der Waals surface area contributed by atoms with Gasteiger partial charge in [0.1, 0.15) is 22.9 Å². The van der Waals surface area contributed by atoms with Gasteiger partial charge in [-0.2, -0.15) is 8.42 Å². The first-order valence-electron chi connectivity index (χ1n) is 9.92. The number of hydrogen-bond acceptors (Lipinski definition) is 5. The van der Waals surface area contributed by atoms with Crippen LogP contribution in [0.5, 0.6) is 5.75 Å². The summed E-state index contributed by atoms with van der Waals surface area (Å²) in [5.74, 6) is 1.14. The summed E-state index contributed by atoms with van der Waals surface area (Å²) >= 11 is 3.55. The van der Waals surface area contributed by atoms with E-state index in [0.29, 0.717) is 11.8 Å². The number of rotatable bonds is 6.